The van der Waals surface area contributed by atoms with Crippen LogP contribution in [0.15, 0.2) is 36.0 Å². The minimum atomic E-state index is -1.11. The van der Waals surface area contributed by atoms with E-state index in [9.17, 15) is 14.6 Å². The van der Waals surface area contributed by atoms with E-state index in [2.05, 4.69) is 20.1 Å². The summed E-state index contributed by atoms with van der Waals surface area (Å²) in [7, 11) is 0. The molecule has 1 aliphatic rings. The molecular formula is C22H21ClFN7O2. The van der Waals surface area contributed by atoms with Gasteiger partial charge in [0.1, 0.15) is 41.5 Å². The molecule has 4 aromatic rings. The quantitative estimate of drug-likeness (QED) is 0.333. The van der Waals surface area contributed by atoms with Gasteiger partial charge in [-0.15, -0.1) is 0 Å². The highest BCUT2D eigenvalue weighted by Crippen LogP contribution is 2.34. The lowest BCUT2D eigenvalue weighted by molar-refractivity contribution is 0.0292. The number of nitrogens with zero attached hydrogens (tertiary/aromatic N) is 5. The molecule has 0 spiro atoms. The summed E-state index contributed by atoms with van der Waals surface area (Å²) in [5, 5.41) is 26.7. The lowest BCUT2D eigenvalue weighted by Crippen LogP contribution is -2.30. The molecule has 33 heavy (non-hydrogen) atoms. The first-order valence-electron chi connectivity index (χ1n) is 10.3. The Kier molecular flexibility index (Phi) is 5.15. The Balaban J connectivity index is 1.43. The Hall–Kier alpha value is -3.34. The van der Waals surface area contributed by atoms with Crippen LogP contribution in [-0.4, -0.2) is 47.2 Å². The molecule has 170 valence electrons. The summed E-state index contributed by atoms with van der Waals surface area (Å²) in [6.07, 6.45) is 1.93. The standard InChI is InChI=1S/C22H21ClFN7O2/c1-9-28-20(25)13-8-27-31(22(13)29-9)17-6-11(18(32)19(17)33)3-2-10-4-15(24)12-7-14(23)21(26)30-16(12)5-10/h4-8,17-19,32-33H,2-3H2,1H3,(H2,26,30)(H2,25,28,29). The number of aliphatic hydroxyl groups excluding tert-OH is 2. The average molecular weight is 470 g/mol. The number of hydrogen-bond donors (Lipinski definition) is 4. The molecule has 1 aliphatic carbocycles. The van der Waals surface area contributed by atoms with E-state index in [1.807, 2.05) is 0 Å². The lowest BCUT2D eigenvalue weighted by Gasteiger charge is -2.18. The Morgan fingerprint density at radius 2 is 1.85 bits per heavy atom. The SMILES string of the molecule is Cc1nc(N)c2cnn(C3C=C(CCc4cc(F)c5cc(Cl)c(N)nc5c4)C(O)C3O)c2n1. The van der Waals surface area contributed by atoms with E-state index in [-0.39, 0.29) is 16.2 Å². The minimum Gasteiger partial charge on any atom is -0.387 e. The van der Waals surface area contributed by atoms with E-state index < -0.39 is 24.1 Å². The monoisotopic (exact) mass is 469 g/mol. The maximum Gasteiger partial charge on any atom is 0.164 e. The predicted molar refractivity (Wildman–Crippen MR) is 123 cm³/mol. The van der Waals surface area contributed by atoms with E-state index in [0.29, 0.717) is 52.2 Å². The molecule has 11 heteroatoms. The van der Waals surface area contributed by atoms with Crippen molar-refractivity contribution in [2.75, 3.05) is 11.5 Å². The number of halogens is 2. The van der Waals surface area contributed by atoms with E-state index >= 15 is 0 Å². The highest BCUT2D eigenvalue weighted by atomic mass is 35.5. The minimum absolute atomic E-state index is 0.131. The summed E-state index contributed by atoms with van der Waals surface area (Å²) in [4.78, 5) is 12.7. The Morgan fingerprint density at radius 1 is 1.06 bits per heavy atom. The highest BCUT2D eigenvalue weighted by Gasteiger charge is 2.37. The van der Waals surface area contributed by atoms with Gasteiger partial charge in [-0.25, -0.2) is 24.0 Å². The van der Waals surface area contributed by atoms with Gasteiger partial charge in [-0.1, -0.05) is 17.7 Å². The van der Waals surface area contributed by atoms with E-state index in [4.69, 9.17) is 23.1 Å². The Labute approximate surface area is 192 Å². The summed E-state index contributed by atoms with van der Waals surface area (Å²) in [6, 6.07) is 3.98. The molecule has 0 aliphatic heterocycles. The number of aryl methyl sites for hydroxylation is 2. The molecule has 0 saturated carbocycles. The van der Waals surface area contributed by atoms with Crippen LogP contribution in [0.4, 0.5) is 16.0 Å². The molecule has 3 heterocycles. The average Bonchev–Trinajstić information content (AvgIpc) is 3.29. The van der Waals surface area contributed by atoms with Gasteiger partial charge in [-0.05, 0) is 49.1 Å². The first-order valence-corrected chi connectivity index (χ1v) is 10.7. The molecule has 3 unspecified atom stereocenters. The smallest absolute Gasteiger partial charge is 0.164 e. The van der Waals surface area contributed by atoms with Crippen molar-refractivity contribution in [3.63, 3.8) is 0 Å². The van der Waals surface area contributed by atoms with Gasteiger partial charge in [-0.2, -0.15) is 5.10 Å². The molecule has 0 radical (unpaired) electrons. The van der Waals surface area contributed by atoms with Crippen molar-refractivity contribution in [3.05, 3.63) is 58.3 Å². The third-order valence-electron chi connectivity index (χ3n) is 5.94. The number of hydrogen-bond acceptors (Lipinski definition) is 8. The first-order chi connectivity index (χ1) is 15.7. The van der Waals surface area contributed by atoms with Gasteiger partial charge in [0.2, 0.25) is 0 Å². The van der Waals surface area contributed by atoms with Gasteiger partial charge in [-0.3, -0.25) is 0 Å². The van der Waals surface area contributed by atoms with Crippen LogP contribution in [-0.2, 0) is 6.42 Å². The third-order valence-corrected chi connectivity index (χ3v) is 6.24. The number of aliphatic hydroxyl groups is 2. The van der Waals surface area contributed by atoms with Crippen molar-refractivity contribution in [1.82, 2.24) is 24.7 Å². The van der Waals surface area contributed by atoms with Gasteiger partial charge in [0, 0.05) is 5.39 Å². The number of nitrogens with two attached hydrogens (primary N) is 2. The van der Waals surface area contributed by atoms with Gasteiger partial charge in [0.05, 0.1) is 22.1 Å². The van der Waals surface area contributed by atoms with Crippen molar-refractivity contribution < 1.29 is 14.6 Å². The van der Waals surface area contributed by atoms with Crippen molar-refractivity contribution in [3.8, 4) is 0 Å². The molecule has 9 nitrogen and oxygen atoms in total. The normalized spacial score (nSPS) is 20.6. The summed E-state index contributed by atoms with van der Waals surface area (Å²) >= 11 is 5.95. The summed E-state index contributed by atoms with van der Waals surface area (Å²) in [6.45, 7) is 1.72. The summed E-state index contributed by atoms with van der Waals surface area (Å²) in [5.74, 6) is 0.459. The van der Waals surface area contributed by atoms with Crippen molar-refractivity contribution in [1.29, 1.82) is 0 Å². The number of benzene rings is 1. The van der Waals surface area contributed by atoms with Crippen LogP contribution in [0.5, 0.6) is 0 Å². The number of nitrogen functional groups attached to an aromatic ring is 2. The molecule has 3 atom stereocenters. The van der Waals surface area contributed by atoms with Crippen molar-refractivity contribution in [2.24, 2.45) is 0 Å². The lowest BCUT2D eigenvalue weighted by atomic mass is 10.0. The van der Waals surface area contributed by atoms with Crippen LogP contribution < -0.4 is 11.5 Å². The second kappa shape index (κ2) is 7.91. The van der Waals surface area contributed by atoms with Crippen LogP contribution >= 0.6 is 11.6 Å². The maximum absolute atomic E-state index is 14.6. The van der Waals surface area contributed by atoms with Gasteiger partial charge in [0.15, 0.2) is 5.65 Å². The van der Waals surface area contributed by atoms with E-state index in [0.717, 1.165) is 0 Å². The number of aromatic nitrogens is 5. The number of rotatable bonds is 4. The zero-order chi connectivity index (χ0) is 23.4. The second-order valence-electron chi connectivity index (χ2n) is 8.15. The molecule has 0 bridgehead atoms. The first kappa shape index (κ1) is 21.5. The zero-order valence-corrected chi connectivity index (χ0v) is 18.3. The molecular weight excluding hydrogens is 449 g/mol. The molecule has 5 rings (SSSR count). The van der Waals surface area contributed by atoms with Gasteiger partial charge < -0.3 is 21.7 Å². The summed E-state index contributed by atoms with van der Waals surface area (Å²) in [5.41, 5.74) is 13.9. The second-order valence-corrected chi connectivity index (χ2v) is 8.56. The molecule has 0 amide bonds. The van der Waals surface area contributed by atoms with Crippen LogP contribution in [0, 0.1) is 12.7 Å². The Morgan fingerprint density at radius 3 is 2.64 bits per heavy atom. The van der Waals surface area contributed by atoms with E-state index in [1.165, 1.54) is 23.0 Å². The fourth-order valence-electron chi connectivity index (χ4n) is 4.26. The predicted octanol–water partition coefficient (Wildman–Crippen LogP) is 2.48. The molecule has 0 fully saturated rings. The fraction of sp³-hybridized carbons (Fsp3) is 0.273. The van der Waals surface area contributed by atoms with Crippen LogP contribution in [0.25, 0.3) is 21.9 Å². The highest BCUT2D eigenvalue weighted by molar-refractivity contribution is 6.33. The Bertz CT molecular complexity index is 1440. The fourth-order valence-corrected chi connectivity index (χ4v) is 4.41. The van der Waals surface area contributed by atoms with Crippen LogP contribution in [0.3, 0.4) is 0 Å². The number of fused-ring (bicyclic) bond motifs is 2. The van der Waals surface area contributed by atoms with Crippen LogP contribution in [0.2, 0.25) is 5.02 Å². The zero-order valence-electron chi connectivity index (χ0n) is 17.6. The van der Waals surface area contributed by atoms with Crippen LogP contribution in [0.1, 0.15) is 23.9 Å². The molecule has 3 aromatic heterocycles. The van der Waals surface area contributed by atoms with Gasteiger partial charge >= 0.3 is 0 Å². The van der Waals surface area contributed by atoms with Crippen molar-refractivity contribution >= 4 is 45.2 Å². The number of pyridine rings is 1. The summed E-state index contributed by atoms with van der Waals surface area (Å²) < 4.78 is 16.1. The third kappa shape index (κ3) is 3.65. The largest absolute Gasteiger partial charge is 0.387 e. The number of anilines is 2. The van der Waals surface area contributed by atoms with Crippen molar-refractivity contribution in [2.45, 2.75) is 38.0 Å². The molecule has 1 aromatic carbocycles. The maximum atomic E-state index is 14.6. The molecule has 0 saturated heterocycles. The van der Waals surface area contributed by atoms with E-state index in [1.54, 1.807) is 19.1 Å². The van der Waals surface area contributed by atoms with Gasteiger partial charge in [0.25, 0.3) is 0 Å². The molecule has 6 N–H and O–H groups in total. The topological polar surface area (TPSA) is 149 Å².